The van der Waals surface area contributed by atoms with E-state index >= 15 is 0 Å². The summed E-state index contributed by atoms with van der Waals surface area (Å²) in [7, 11) is 1.81. The monoisotopic (exact) mass is 238 g/mol. The van der Waals surface area contributed by atoms with E-state index in [0.717, 1.165) is 6.54 Å². The van der Waals surface area contributed by atoms with Gasteiger partial charge in [0.2, 0.25) is 5.91 Å². The van der Waals surface area contributed by atoms with Gasteiger partial charge in [-0.3, -0.25) is 4.79 Å². The van der Waals surface area contributed by atoms with Crippen molar-refractivity contribution in [3.05, 3.63) is 12.4 Å². The van der Waals surface area contributed by atoms with Gasteiger partial charge in [-0.15, -0.1) is 0 Å². The highest BCUT2D eigenvalue weighted by Gasteiger charge is 2.31. The Hall–Kier alpha value is -1.85. The van der Waals surface area contributed by atoms with E-state index in [1.807, 2.05) is 30.9 Å². The molecular weight excluding hydrogens is 222 g/mol. The highest BCUT2D eigenvalue weighted by atomic mass is 16.6. The summed E-state index contributed by atoms with van der Waals surface area (Å²) < 4.78 is 8.87. The van der Waals surface area contributed by atoms with Crippen molar-refractivity contribution in [1.82, 2.24) is 9.88 Å². The van der Waals surface area contributed by atoms with Gasteiger partial charge in [-0.1, -0.05) is 0 Å². The molecule has 0 radical (unpaired) electrons. The van der Waals surface area contributed by atoms with Crippen LogP contribution in [0.5, 0.6) is 6.01 Å². The smallest absolute Gasteiger partial charge is 0.355 e. The molecule has 1 saturated heterocycles. The minimum absolute atomic E-state index is 0.0952. The van der Waals surface area contributed by atoms with Crippen LogP contribution >= 0.6 is 0 Å². The van der Waals surface area contributed by atoms with Crippen LogP contribution in [-0.4, -0.2) is 22.5 Å². The van der Waals surface area contributed by atoms with E-state index in [1.54, 1.807) is 4.57 Å². The maximum absolute atomic E-state index is 11.8. The lowest BCUT2D eigenvalue weighted by atomic mass is 10.2. The standard InChI is InChI=1S/C11H15N3O3/c1-3-14-7-6-13(2)11(14)17-10(16)8-4-5-9(15)12-8/h6-8H,3-5H2,1-2H3/p+1. The van der Waals surface area contributed by atoms with Crippen LogP contribution in [0.25, 0.3) is 0 Å². The first-order chi connectivity index (χ1) is 8.11. The van der Waals surface area contributed by atoms with Gasteiger partial charge in [0.25, 0.3) is 0 Å². The second-order valence-electron chi connectivity index (χ2n) is 4.06. The van der Waals surface area contributed by atoms with Crippen molar-refractivity contribution in [2.75, 3.05) is 0 Å². The predicted octanol–water partition coefficient (Wildman–Crippen LogP) is -0.483. The molecule has 6 heteroatoms. The van der Waals surface area contributed by atoms with Crippen molar-refractivity contribution < 1.29 is 18.9 Å². The molecule has 6 nitrogen and oxygen atoms in total. The Morgan fingerprint density at radius 2 is 2.47 bits per heavy atom. The SMILES string of the molecule is CCn1cc[n+](C)c1OC(=O)C1CCC(=O)N1. The Balaban J connectivity index is 2.07. The Labute approximate surface area is 99.2 Å². The molecule has 0 saturated carbocycles. The molecule has 2 heterocycles. The number of nitrogens with one attached hydrogen (secondary N) is 1. The third-order valence-electron chi connectivity index (χ3n) is 2.83. The molecule has 1 aromatic heterocycles. The molecule has 2 rings (SSSR count). The van der Waals surface area contributed by atoms with Gasteiger partial charge < -0.3 is 10.1 Å². The normalized spacial score (nSPS) is 19.2. The summed E-state index contributed by atoms with van der Waals surface area (Å²) in [5.41, 5.74) is 0. The Morgan fingerprint density at radius 1 is 1.71 bits per heavy atom. The average molecular weight is 238 g/mol. The number of esters is 1. The number of carbonyl (C=O) groups excluding carboxylic acids is 2. The minimum atomic E-state index is -0.511. The molecule has 1 atom stereocenters. The highest BCUT2D eigenvalue weighted by molar-refractivity contribution is 5.88. The lowest BCUT2D eigenvalue weighted by Crippen LogP contribution is -2.39. The fourth-order valence-corrected chi connectivity index (χ4v) is 1.83. The molecule has 92 valence electrons. The summed E-state index contributed by atoms with van der Waals surface area (Å²) in [4.78, 5) is 22.8. The number of imidazole rings is 1. The van der Waals surface area contributed by atoms with Crippen LogP contribution in [0.4, 0.5) is 0 Å². The summed E-state index contributed by atoms with van der Waals surface area (Å²) >= 11 is 0. The van der Waals surface area contributed by atoms with Crippen molar-refractivity contribution in [3.63, 3.8) is 0 Å². The van der Waals surface area contributed by atoms with E-state index in [-0.39, 0.29) is 5.91 Å². The fourth-order valence-electron chi connectivity index (χ4n) is 1.83. The van der Waals surface area contributed by atoms with Gasteiger partial charge in [-0.2, -0.15) is 9.13 Å². The van der Waals surface area contributed by atoms with Crippen molar-refractivity contribution >= 4 is 11.9 Å². The summed E-state index contributed by atoms with van der Waals surface area (Å²) in [6.07, 6.45) is 4.56. The number of hydrogen-bond acceptors (Lipinski definition) is 3. The van der Waals surface area contributed by atoms with Crippen molar-refractivity contribution in [2.45, 2.75) is 32.4 Å². The first kappa shape index (κ1) is 11.6. The van der Waals surface area contributed by atoms with Crippen LogP contribution in [0.3, 0.4) is 0 Å². The number of aromatic nitrogens is 2. The van der Waals surface area contributed by atoms with Gasteiger partial charge in [0.15, 0.2) is 0 Å². The number of nitrogens with zero attached hydrogens (tertiary/aromatic N) is 2. The van der Waals surface area contributed by atoms with E-state index in [9.17, 15) is 9.59 Å². The van der Waals surface area contributed by atoms with Crippen LogP contribution < -0.4 is 14.6 Å². The first-order valence-corrected chi connectivity index (χ1v) is 5.67. The zero-order valence-electron chi connectivity index (χ0n) is 9.97. The largest absolute Gasteiger partial charge is 0.463 e. The molecule has 1 unspecified atom stereocenters. The fraction of sp³-hybridized carbons (Fsp3) is 0.545. The minimum Gasteiger partial charge on any atom is -0.355 e. The number of ether oxygens (including phenoxy) is 1. The molecule has 0 aliphatic carbocycles. The summed E-state index contributed by atoms with van der Waals surface area (Å²) in [5.74, 6) is -0.498. The van der Waals surface area contributed by atoms with Crippen LogP contribution in [0.1, 0.15) is 19.8 Å². The van der Waals surface area contributed by atoms with Crippen LogP contribution in [0.2, 0.25) is 0 Å². The molecule has 0 spiro atoms. The number of hydrogen-bond donors (Lipinski definition) is 1. The van der Waals surface area contributed by atoms with Gasteiger partial charge in [-0.25, -0.2) is 4.79 Å². The number of rotatable bonds is 3. The topological polar surface area (TPSA) is 64.2 Å². The summed E-state index contributed by atoms with van der Waals surface area (Å²) in [5, 5.41) is 2.59. The van der Waals surface area contributed by atoms with E-state index < -0.39 is 12.0 Å². The molecule has 1 fully saturated rings. The lowest BCUT2D eigenvalue weighted by Gasteiger charge is -2.07. The number of amides is 1. The second-order valence-corrected chi connectivity index (χ2v) is 4.06. The zero-order valence-corrected chi connectivity index (χ0v) is 9.97. The Kier molecular flexibility index (Phi) is 3.12. The van der Waals surface area contributed by atoms with E-state index in [4.69, 9.17) is 4.74 Å². The zero-order chi connectivity index (χ0) is 12.4. The predicted molar refractivity (Wildman–Crippen MR) is 58.1 cm³/mol. The third kappa shape index (κ3) is 2.30. The molecule has 1 aliphatic rings. The van der Waals surface area contributed by atoms with E-state index in [1.165, 1.54) is 0 Å². The molecular formula is C11H16N3O3+. The van der Waals surface area contributed by atoms with Gasteiger partial charge in [0.05, 0.1) is 13.6 Å². The molecule has 17 heavy (non-hydrogen) atoms. The Bertz CT molecular complexity index is 453. The number of aryl methyl sites for hydroxylation is 2. The van der Waals surface area contributed by atoms with Crippen LogP contribution in [0, 0.1) is 0 Å². The molecule has 1 aromatic rings. The maximum atomic E-state index is 11.8. The van der Waals surface area contributed by atoms with E-state index in [0.29, 0.717) is 18.9 Å². The third-order valence-corrected chi connectivity index (χ3v) is 2.83. The van der Waals surface area contributed by atoms with Crippen LogP contribution in [0.15, 0.2) is 12.4 Å². The number of carbonyl (C=O) groups is 2. The second kappa shape index (κ2) is 4.57. The molecule has 0 bridgehead atoms. The van der Waals surface area contributed by atoms with Crippen molar-refractivity contribution in [1.29, 1.82) is 0 Å². The summed E-state index contributed by atoms with van der Waals surface area (Å²) in [6.45, 7) is 2.69. The molecule has 1 N–H and O–H groups in total. The van der Waals surface area contributed by atoms with Crippen molar-refractivity contribution in [2.24, 2.45) is 7.05 Å². The van der Waals surface area contributed by atoms with Gasteiger partial charge >= 0.3 is 12.0 Å². The highest BCUT2D eigenvalue weighted by Crippen LogP contribution is 2.11. The average Bonchev–Trinajstić information content (AvgIpc) is 2.87. The van der Waals surface area contributed by atoms with Gasteiger partial charge in [0, 0.05) is 6.42 Å². The summed E-state index contributed by atoms with van der Waals surface area (Å²) in [6, 6.07) is -0.0265. The van der Waals surface area contributed by atoms with Gasteiger partial charge in [0.1, 0.15) is 18.4 Å². The molecule has 1 aliphatic heterocycles. The molecule has 1 amide bonds. The van der Waals surface area contributed by atoms with Gasteiger partial charge in [-0.05, 0) is 13.3 Å². The van der Waals surface area contributed by atoms with Crippen molar-refractivity contribution in [3.8, 4) is 6.01 Å². The van der Waals surface area contributed by atoms with Crippen LogP contribution in [-0.2, 0) is 23.2 Å². The quantitative estimate of drug-likeness (QED) is 0.571. The first-order valence-electron chi connectivity index (χ1n) is 5.67. The Morgan fingerprint density at radius 3 is 3.06 bits per heavy atom. The maximum Gasteiger partial charge on any atom is 0.463 e. The van der Waals surface area contributed by atoms with E-state index in [2.05, 4.69) is 5.32 Å². The lowest BCUT2D eigenvalue weighted by molar-refractivity contribution is -0.675. The molecule has 0 aromatic carbocycles.